The molecule has 0 bridgehead atoms. The van der Waals surface area contributed by atoms with Crippen molar-refractivity contribution in [1.29, 1.82) is 5.26 Å². The van der Waals surface area contributed by atoms with E-state index in [1.807, 2.05) is 0 Å². The average Bonchev–Trinajstić information content (AvgIpc) is 2.69. The summed E-state index contributed by atoms with van der Waals surface area (Å²) < 4.78 is 39.4. The van der Waals surface area contributed by atoms with Crippen LogP contribution in [0.1, 0.15) is 31.5 Å². The van der Waals surface area contributed by atoms with Gasteiger partial charge in [-0.05, 0) is 19.9 Å². The highest BCUT2D eigenvalue weighted by atomic mass is 32.1. The van der Waals surface area contributed by atoms with Crippen molar-refractivity contribution < 1.29 is 27.9 Å². The largest absolute Gasteiger partial charge is 0.481 e. The van der Waals surface area contributed by atoms with E-state index in [9.17, 15) is 22.8 Å². The Bertz CT molecular complexity index is 791. The molecule has 1 atom stereocenters. The second kappa shape index (κ2) is 6.77. The van der Waals surface area contributed by atoms with Crippen LogP contribution in [-0.2, 0) is 15.8 Å². The van der Waals surface area contributed by atoms with Gasteiger partial charge in [-0.25, -0.2) is 4.98 Å². The number of thiol groups is 1. The van der Waals surface area contributed by atoms with E-state index in [0.717, 1.165) is 11.1 Å². The molecule has 1 aliphatic heterocycles. The van der Waals surface area contributed by atoms with Gasteiger partial charge in [0.05, 0.1) is 29.4 Å². The minimum atomic E-state index is -4.82. The highest BCUT2D eigenvalue weighted by molar-refractivity contribution is 7.81. The Kier molecular flexibility index (Phi) is 5.21. The number of carbonyl (C=O) groups is 2. The van der Waals surface area contributed by atoms with Crippen molar-refractivity contribution in [1.82, 2.24) is 9.88 Å². The normalized spacial score (nSPS) is 20.3. The zero-order valence-corrected chi connectivity index (χ0v) is 14.7. The molecule has 140 valence electrons. The Morgan fingerprint density at radius 3 is 2.62 bits per heavy atom. The summed E-state index contributed by atoms with van der Waals surface area (Å²) in [5, 5.41) is 17.7. The van der Waals surface area contributed by atoms with Crippen LogP contribution < -0.4 is 4.90 Å². The van der Waals surface area contributed by atoms with Crippen LogP contribution in [0.5, 0.6) is 0 Å². The van der Waals surface area contributed by atoms with E-state index >= 15 is 0 Å². The van der Waals surface area contributed by atoms with Gasteiger partial charge in [-0.2, -0.15) is 18.4 Å². The summed E-state index contributed by atoms with van der Waals surface area (Å²) in [6.07, 6.45) is -4.09. The number of rotatable bonds is 4. The van der Waals surface area contributed by atoms with Gasteiger partial charge in [-0.15, -0.1) is 12.6 Å². The number of carboxylic acid groups (broad SMARTS) is 1. The number of nitrogens with zero attached hydrogens (tertiary/aromatic N) is 4. The summed E-state index contributed by atoms with van der Waals surface area (Å²) in [5.41, 5.74) is -4.38. The summed E-state index contributed by atoms with van der Waals surface area (Å²) in [6, 6.07) is 2.04. The molecule has 1 saturated heterocycles. The molecule has 11 heteroatoms. The summed E-state index contributed by atoms with van der Waals surface area (Å²) in [4.78, 5) is 29.5. The van der Waals surface area contributed by atoms with Gasteiger partial charge in [0.25, 0.3) is 0 Å². The number of nitriles is 1. The van der Waals surface area contributed by atoms with Crippen molar-refractivity contribution >= 4 is 30.2 Å². The fourth-order valence-electron chi connectivity index (χ4n) is 2.70. The Morgan fingerprint density at radius 2 is 2.12 bits per heavy atom. The van der Waals surface area contributed by atoms with Gasteiger partial charge in [0.15, 0.2) is 5.69 Å². The van der Waals surface area contributed by atoms with Crippen molar-refractivity contribution in [3.63, 3.8) is 0 Å². The first-order chi connectivity index (χ1) is 11.9. The lowest BCUT2D eigenvalue weighted by Crippen LogP contribution is -2.45. The molecule has 0 spiro atoms. The smallest absolute Gasteiger partial charge is 0.419 e. The number of hydrogen-bond acceptors (Lipinski definition) is 6. The highest BCUT2D eigenvalue weighted by Gasteiger charge is 2.51. The van der Waals surface area contributed by atoms with Gasteiger partial charge in [0, 0.05) is 6.54 Å². The molecule has 1 fully saturated rings. The van der Waals surface area contributed by atoms with E-state index in [0.29, 0.717) is 6.07 Å². The molecule has 1 aromatic heterocycles. The zero-order chi connectivity index (χ0) is 19.9. The summed E-state index contributed by atoms with van der Waals surface area (Å²) >= 11 is 4.29. The van der Waals surface area contributed by atoms with E-state index in [1.165, 1.54) is 24.8 Å². The van der Waals surface area contributed by atoms with Gasteiger partial charge in [-0.3, -0.25) is 19.4 Å². The van der Waals surface area contributed by atoms with Crippen molar-refractivity contribution in [2.75, 3.05) is 11.4 Å². The summed E-state index contributed by atoms with van der Waals surface area (Å²) in [6.45, 7) is 3.04. The Hall–Kier alpha value is -2.32. The molecule has 1 amide bonds. The molecule has 1 unspecified atom stereocenters. The van der Waals surface area contributed by atoms with Gasteiger partial charge in [-0.1, -0.05) is 0 Å². The molecule has 0 aromatic carbocycles. The molecule has 2 heterocycles. The average molecular weight is 388 g/mol. The van der Waals surface area contributed by atoms with Crippen LogP contribution in [0.4, 0.5) is 18.9 Å². The standard InChI is InChI=1S/C15H15F3N4O3S/c1-14(2)12(25)22(13(26)21(14)4-3-11(23)24)8-5-9(15(16,17)18)10(6-19)20-7-8/h5,7,13,26H,3-4H2,1-2H3,(H,23,24). The molecule has 0 radical (unpaired) electrons. The first-order valence-corrected chi connectivity index (χ1v) is 7.90. The number of amides is 1. The topological polar surface area (TPSA) is 97.5 Å². The maximum Gasteiger partial charge on any atom is 0.419 e. The monoisotopic (exact) mass is 388 g/mol. The summed E-state index contributed by atoms with van der Waals surface area (Å²) in [5.74, 6) is -1.63. The van der Waals surface area contributed by atoms with Crippen molar-refractivity contribution in [2.24, 2.45) is 0 Å². The van der Waals surface area contributed by atoms with Crippen LogP contribution in [0.25, 0.3) is 0 Å². The van der Waals surface area contributed by atoms with E-state index in [1.54, 1.807) is 0 Å². The minimum Gasteiger partial charge on any atom is -0.481 e. The Labute approximate surface area is 152 Å². The number of halogens is 3. The SMILES string of the molecule is CC1(C)C(=O)N(c2cnc(C#N)c(C(F)(F)F)c2)C(S)N1CCC(=O)O. The molecule has 1 aromatic rings. The minimum absolute atomic E-state index is 0.0193. The number of pyridine rings is 1. The Morgan fingerprint density at radius 1 is 1.50 bits per heavy atom. The lowest BCUT2D eigenvalue weighted by molar-refractivity contribution is -0.138. The maximum atomic E-state index is 13.1. The van der Waals surface area contributed by atoms with E-state index in [2.05, 4.69) is 17.6 Å². The van der Waals surface area contributed by atoms with E-state index in [4.69, 9.17) is 10.4 Å². The lowest BCUT2D eigenvalue weighted by Gasteiger charge is -2.30. The predicted octanol–water partition coefficient (Wildman–Crippen LogP) is 2.09. The highest BCUT2D eigenvalue weighted by Crippen LogP contribution is 2.39. The quantitative estimate of drug-likeness (QED) is 0.767. The van der Waals surface area contributed by atoms with Crippen LogP contribution in [0.15, 0.2) is 12.3 Å². The molecule has 1 N–H and O–H groups in total. The van der Waals surface area contributed by atoms with Crippen molar-refractivity contribution in [2.45, 2.75) is 37.5 Å². The third-order valence-electron chi connectivity index (χ3n) is 4.10. The maximum absolute atomic E-state index is 13.1. The fraction of sp³-hybridized carbons (Fsp3) is 0.467. The molecule has 1 aliphatic rings. The summed E-state index contributed by atoms with van der Waals surface area (Å²) in [7, 11) is 0. The van der Waals surface area contributed by atoms with Gasteiger partial charge < -0.3 is 5.11 Å². The predicted molar refractivity (Wildman–Crippen MR) is 87.3 cm³/mol. The number of aliphatic carboxylic acids is 1. The molecule has 7 nitrogen and oxygen atoms in total. The van der Waals surface area contributed by atoms with Gasteiger partial charge in [0.1, 0.15) is 11.6 Å². The van der Waals surface area contributed by atoms with Crippen LogP contribution in [0.2, 0.25) is 0 Å². The van der Waals surface area contributed by atoms with E-state index < -0.39 is 40.3 Å². The molecule has 0 aliphatic carbocycles. The first-order valence-electron chi connectivity index (χ1n) is 7.39. The third kappa shape index (κ3) is 3.47. The third-order valence-corrected chi connectivity index (χ3v) is 4.61. The molecule has 2 rings (SSSR count). The number of carboxylic acids is 1. The van der Waals surface area contributed by atoms with Crippen LogP contribution >= 0.6 is 12.6 Å². The van der Waals surface area contributed by atoms with Crippen LogP contribution in [0.3, 0.4) is 0 Å². The molecular weight excluding hydrogens is 373 g/mol. The number of anilines is 1. The molecular formula is C15H15F3N4O3S. The zero-order valence-electron chi connectivity index (χ0n) is 13.8. The van der Waals surface area contributed by atoms with Crippen LogP contribution in [0, 0.1) is 11.3 Å². The van der Waals surface area contributed by atoms with E-state index in [-0.39, 0.29) is 18.7 Å². The number of alkyl halides is 3. The number of aromatic nitrogens is 1. The van der Waals surface area contributed by atoms with Gasteiger partial charge >= 0.3 is 12.1 Å². The lowest BCUT2D eigenvalue weighted by atomic mass is 10.0. The number of carbonyl (C=O) groups excluding carboxylic acids is 1. The van der Waals surface area contributed by atoms with Crippen molar-refractivity contribution in [3.05, 3.63) is 23.5 Å². The second-order valence-corrected chi connectivity index (χ2v) is 6.58. The number of hydrogen-bond donors (Lipinski definition) is 2. The molecule has 0 saturated carbocycles. The molecule has 26 heavy (non-hydrogen) atoms. The van der Waals surface area contributed by atoms with Crippen molar-refractivity contribution in [3.8, 4) is 6.07 Å². The first kappa shape index (κ1) is 20.0. The fourth-order valence-corrected chi connectivity index (χ4v) is 3.35. The Balaban J connectivity index is 2.47. The second-order valence-electron chi connectivity index (χ2n) is 6.12. The van der Waals surface area contributed by atoms with Crippen LogP contribution in [-0.4, -0.2) is 44.4 Å². The van der Waals surface area contributed by atoms with Gasteiger partial charge in [0.2, 0.25) is 5.91 Å².